The lowest BCUT2D eigenvalue weighted by atomic mass is 9.97. The Kier molecular flexibility index (Phi) is 6.76. The van der Waals surface area contributed by atoms with Gasteiger partial charge in [-0.15, -0.1) is 0 Å². The number of likely N-dealkylation sites (tertiary alicyclic amines) is 1. The summed E-state index contributed by atoms with van der Waals surface area (Å²) in [5.74, 6) is -0.544. The van der Waals surface area contributed by atoms with E-state index in [1.807, 2.05) is 4.90 Å². The van der Waals surface area contributed by atoms with Crippen LogP contribution in [0.3, 0.4) is 0 Å². The summed E-state index contributed by atoms with van der Waals surface area (Å²) in [5.41, 5.74) is 0. The molecule has 1 fully saturated rings. The van der Waals surface area contributed by atoms with E-state index in [0.717, 1.165) is 45.1 Å². The summed E-state index contributed by atoms with van der Waals surface area (Å²) in [6.45, 7) is 2.94. The second kappa shape index (κ2) is 8.11. The largest absolute Gasteiger partial charge is 0.481 e. The summed E-state index contributed by atoms with van der Waals surface area (Å²) in [7, 11) is 0. The highest BCUT2D eigenvalue weighted by molar-refractivity contribution is 5.76. The molecule has 1 aliphatic rings. The zero-order chi connectivity index (χ0) is 13.4. The molecule has 0 aliphatic carbocycles. The number of carboxylic acid groups (broad SMARTS) is 1. The van der Waals surface area contributed by atoms with Crippen LogP contribution < -0.4 is 0 Å². The molecule has 0 aromatic heterocycles. The first kappa shape index (κ1) is 15.0. The summed E-state index contributed by atoms with van der Waals surface area (Å²) in [4.78, 5) is 24.7. The molecule has 0 bridgehead atoms. The molecule has 4 nitrogen and oxygen atoms in total. The van der Waals surface area contributed by atoms with Crippen LogP contribution in [0, 0.1) is 0 Å². The fraction of sp³-hybridized carbons (Fsp3) is 0.857. The Hall–Kier alpha value is -1.06. The van der Waals surface area contributed by atoms with Crippen molar-refractivity contribution in [2.45, 2.75) is 70.8 Å². The number of aliphatic carboxylic acids is 1. The van der Waals surface area contributed by atoms with Gasteiger partial charge >= 0.3 is 5.97 Å². The number of unbranched alkanes of at least 4 members (excludes halogenated alkanes) is 2. The maximum atomic E-state index is 12.1. The number of carbonyl (C=O) groups is 2. The first-order valence-corrected chi connectivity index (χ1v) is 7.16. The van der Waals surface area contributed by atoms with Gasteiger partial charge in [-0.2, -0.15) is 0 Å². The molecule has 0 spiro atoms. The first-order valence-electron chi connectivity index (χ1n) is 7.16. The normalized spacial score (nSPS) is 19.8. The number of amides is 1. The van der Waals surface area contributed by atoms with Gasteiger partial charge in [-0.1, -0.05) is 19.8 Å². The van der Waals surface area contributed by atoms with Crippen molar-refractivity contribution in [3.63, 3.8) is 0 Å². The van der Waals surface area contributed by atoms with E-state index in [0.29, 0.717) is 12.8 Å². The Bertz CT molecular complexity index is 278. The second-order valence-corrected chi connectivity index (χ2v) is 5.13. The van der Waals surface area contributed by atoms with Crippen LogP contribution >= 0.6 is 0 Å². The highest BCUT2D eigenvalue weighted by Crippen LogP contribution is 2.22. The van der Waals surface area contributed by atoms with Crippen LogP contribution in [0.4, 0.5) is 0 Å². The van der Waals surface area contributed by atoms with E-state index in [1.54, 1.807) is 0 Å². The molecule has 0 aromatic rings. The molecule has 1 aliphatic heterocycles. The van der Waals surface area contributed by atoms with Crippen molar-refractivity contribution in [2.24, 2.45) is 0 Å². The molecular weight excluding hydrogens is 230 g/mol. The number of piperidine rings is 1. The molecule has 18 heavy (non-hydrogen) atoms. The number of carbonyl (C=O) groups excluding carboxylic acids is 1. The molecule has 1 rings (SSSR count). The second-order valence-electron chi connectivity index (χ2n) is 5.13. The minimum atomic E-state index is -0.765. The van der Waals surface area contributed by atoms with Crippen LogP contribution in [0.15, 0.2) is 0 Å². The quantitative estimate of drug-likeness (QED) is 0.712. The molecule has 1 atom stereocenters. The van der Waals surface area contributed by atoms with Crippen LogP contribution in [0.2, 0.25) is 0 Å². The molecule has 1 unspecified atom stereocenters. The fourth-order valence-corrected chi connectivity index (χ4v) is 2.59. The van der Waals surface area contributed by atoms with Crippen molar-refractivity contribution in [3.05, 3.63) is 0 Å². The van der Waals surface area contributed by atoms with Gasteiger partial charge in [0.2, 0.25) is 5.91 Å². The Morgan fingerprint density at radius 1 is 1.22 bits per heavy atom. The number of hydrogen-bond acceptors (Lipinski definition) is 2. The summed E-state index contributed by atoms with van der Waals surface area (Å²) < 4.78 is 0. The molecule has 1 N–H and O–H groups in total. The minimum absolute atomic E-state index is 0.156. The summed E-state index contributed by atoms with van der Waals surface area (Å²) >= 11 is 0. The van der Waals surface area contributed by atoms with Crippen LogP contribution in [0.1, 0.15) is 64.7 Å². The van der Waals surface area contributed by atoms with E-state index in [1.165, 1.54) is 0 Å². The van der Waals surface area contributed by atoms with Crippen LogP contribution in [-0.4, -0.2) is 34.5 Å². The maximum absolute atomic E-state index is 12.1. The van der Waals surface area contributed by atoms with Crippen molar-refractivity contribution in [3.8, 4) is 0 Å². The van der Waals surface area contributed by atoms with E-state index < -0.39 is 5.97 Å². The summed E-state index contributed by atoms with van der Waals surface area (Å²) in [6.07, 6.45) is 7.71. The minimum Gasteiger partial charge on any atom is -0.481 e. The van der Waals surface area contributed by atoms with Gasteiger partial charge in [0.15, 0.2) is 0 Å². The Morgan fingerprint density at radius 3 is 2.67 bits per heavy atom. The molecule has 0 saturated carbocycles. The SMILES string of the molecule is CCCCCC(=O)N1CCCCC1CCC(=O)O. The van der Waals surface area contributed by atoms with Crippen molar-refractivity contribution < 1.29 is 14.7 Å². The lowest BCUT2D eigenvalue weighted by Crippen LogP contribution is -2.43. The predicted octanol–water partition coefficient (Wildman–Crippen LogP) is 2.81. The van der Waals surface area contributed by atoms with Gasteiger partial charge in [0.05, 0.1) is 0 Å². The van der Waals surface area contributed by atoms with E-state index in [-0.39, 0.29) is 18.4 Å². The molecule has 1 saturated heterocycles. The van der Waals surface area contributed by atoms with Gasteiger partial charge in [-0.3, -0.25) is 9.59 Å². The van der Waals surface area contributed by atoms with E-state index >= 15 is 0 Å². The van der Waals surface area contributed by atoms with Gasteiger partial charge in [0.25, 0.3) is 0 Å². The average Bonchev–Trinajstić information content (AvgIpc) is 2.37. The highest BCUT2D eigenvalue weighted by Gasteiger charge is 2.26. The first-order chi connectivity index (χ1) is 8.65. The Morgan fingerprint density at radius 2 is 2.00 bits per heavy atom. The molecule has 4 heteroatoms. The van der Waals surface area contributed by atoms with Crippen molar-refractivity contribution in [1.29, 1.82) is 0 Å². The van der Waals surface area contributed by atoms with E-state index in [2.05, 4.69) is 6.92 Å². The smallest absolute Gasteiger partial charge is 0.303 e. The molecule has 104 valence electrons. The zero-order valence-electron chi connectivity index (χ0n) is 11.4. The van der Waals surface area contributed by atoms with Crippen molar-refractivity contribution in [2.75, 3.05) is 6.54 Å². The number of hydrogen-bond donors (Lipinski definition) is 1. The number of carboxylic acids is 1. The molecule has 1 amide bonds. The number of nitrogens with zero attached hydrogens (tertiary/aromatic N) is 1. The summed E-state index contributed by atoms with van der Waals surface area (Å²) in [6, 6.07) is 0.156. The molecule has 1 heterocycles. The van der Waals surface area contributed by atoms with Crippen LogP contribution in [0.5, 0.6) is 0 Å². The van der Waals surface area contributed by atoms with Gasteiger partial charge < -0.3 is 10.0 Å². The molecule has 0 aromatic carbocycles. The Labute approximate surface area is 109 Å². The van der Waals surface area contributed by atoms with Gasteiger partial charge in [0.1, 0.15) is 0 Å². The van der Waals surface area contributed by atoms with Gasteiger partial charge in [-0.05, 0) is 32.1 Å². The molecule has 0 radical (unpaired) electrons. The Balaban J connectivity index is 2.42. The summed E-state index contributed by atoms with van der Waals surface area (Å²) in [5, 5.41) is 8.74. The highest BCUT2D eigenvalue weighted by atomic mass is 16.4. The molecular formula is C14H25NO3. The fourth-order valence-electron chi connectivity index (χ4n) is 2.59. The average molecular weight is 255 g/mol. The lowest BCUT2D eigenvalue weighted by Gasteiger charge is -2.35. The van der Waals surface area contributed by atoms with Gasteiger partial charge in [0, 0.05) is 25.4 Å². The number of rotatable bonds is 7. The lowest BCUT2D eigenvalue weighted by molar-refractivity contribution is -0.140. The van der Waals surface area contributed by atoms with Crippen LogP contribution in [0.25, 0.3) is 0 Å². The third kappa shape index (κ3) is 5.07. The monoisotopic (exact) mass is 255 g/mol. The van der Waals surface area contributed by atoms with E-state index in [9.17, 15) is 9.59 Å². The topological polar surface area (TPSA) is 57.6 Å². The van der Waals surface area contributed by atoms with Gasteiger partial charge in [-0.25, -0.2) is 0 Å². The van der Waals surface area contributed by atoms with Crippen molar-refractivity contribution >= 4 is 11.9 Å². The third-order valence-electron chi connectivity index (χ3n) is 3.63. The predicted molar refractivity (Wildman–Crippen MR) is 70.4 cm³/mol. The van der Waals surface area contributed by atoms with Crippen molar-refractivity contribution in [1.82, 2.24) is 4.90 Å². The zero-order valence-corrected chi connectivity index (χ0v) is 11.4. The standard InChI is InChI=1S/C14H25NO3/c1-2-3-4-8-13(16)15-11-6-5-7-12(15)9-10-14(17)18/h12H,2-11H2,1H3,(H,17,18). The van der Waals surface area contributed by atoms with Crippen LogP contribution in [-0.2, 0) is 9.59 Å². The van der Waals surface area contributed by atoms with E-state index in [4.69, 9.17) is 5.11 Å². The maximum Gasteiger partial charge on any atom is 0.303 e. The third-order valence-corrected chi connectivity index (χ3v) is 3.63.